The van der Waals surface area contributed by atoms with Gasteiger partial charge in [0.25, 0.3) is 0 Å². The van der Waals surface area contributed by atoms with Crippen molar-refractivity contribution >= 4 is 11.9 Å². The molecule has 0 aromatic rings. The molecule has 46 heavy (non-hydrogen) atoms. The Hall–Kier alpha value is -2.14. The van der Waals surface area contributed by atoms with Crippen LogP contribution >= 0.6 is 0 Å². The molecule has 1 atom stereocenters. The largest absolute Gasteiger partial charge is 0.462 e. The summed E-state index contributed by atoms with van der Waals surface area (Å²) >= 11 is 0. The zero-order chi connectivity index (χ0) is 33.6. The van der Waals surface area contributed by atoms with E-state index in [0.29, 0.717) is 12.8 Å². The lowest BCUT2D eigenvalue weighted by Gasteiger charge is -2.15. The van der Waals surface area contributed by atoms with Crippen molar-refractivity contribution in [2.24, 2.45) is 0 Å². The summed E-state index contributed by atoms with van der Waals surface area (Å²) in [5.41, 5.74) is 0. The lowest BCUT2D eigenvalue weighted by atomic mass is 10.0. The Labute approximate surface area is 284 Å². The van der Waals surface area contributed by atoms with Gasteiger partial charge in [0.05, 0.1) is 6.61 Å². The van der Waals surface area contributed by atoms with Gasteiger partial charge in [0.15, 0.2) is 6.10 Å². The summed E-state index contributed by atoms with van der Waals surface area (Å²) in [5.74, 6) is -0.655. The van der Waals surface area contributed by atoms with Crippen LogP contribution in [-0.4, -0.2) is 36.4 Å². The number of aliphatic hydroxyl groups excluding tert-OH is 1. The number of esters is 2. The van der Waals surface area contributed by atoms with Crippen molar-refractivity contribution in [1.82, 2.24) is 0 Å². The Balaban J connectivity index is 3.66. The van der Waals surface area contributed by atoms with Crippen LogP contribution in [0.1, 0.15) is 181 Å². The van der Waals surface area contributed by atoms with Gasteiger partial charge >= 0.3 is 11.9 Å². The number of allylic oxidation sites excluding steroid dienone is 8. The van der Waals surface area contributed by atoms with Crippen LogP contribution < -0.4 is 0 Å². The van der Waals surface area contributed by atoms with Crippen LogP contribution in [0.25, 0.3) is 0 Å². The smallest absolute Gasteiger partial charge is 0.306 e. The van der Waals surface area contributed by atoms with E-state index in [1.165, 1.54) is 103 Å². The van der Waals surface area contributed by atoms with Gasteiger partial charge in [-0.1, -0.05) is 165 Å². The molecule has 0 unspecified atom stereocenters. The number of rotatable bonds is 34. The van der Waals surface area contributed by atoms with Crippen LogP contribution in [0.15, 0.2) is 48.6 Å². The second-order valence-corrected chi connectivity index (χ2v) is 12.7. The van der Waals surface area contributed by atoms with E-state index >= 15 is 0 Å². The Morgan fingerprint density at radius 3 is 1.37 bits per heavy atom. The Bertz CT molecular complexity index is 782. The average molecular weight is 645 g/mol. The third-order valence-electron chi connectivity index (χ3n) is 8.13. The zero-order valence-electron chi connectivity index (χ0n) is 30.1. The zero-order valence-corrected chi connectivity index (χ0v) is 30.1. The van der Waals surface area contributed by atoms with E-state index in [1.807, 2.05) is 0 Å². The van der Waals surface area contributed by atoms with Gasteiger partial charge < -0.3 is 14.6 Å². The van der Waals surface area contributed by atoms with E-state index in [0.717, 1.165) is 44.9 Å². The van der Waals surface area contributed by atoms with E-state index < -0.39 is 6.10 Å². The normalized spacial score (nSPS) is 12.7. The molecular weight excluding hydrogens is 572 g/mol. The van der Waals surface area contributed by atoms with Crippen molar-refractivity contribution < 1.29 is 24.2 Å². The van der Waals surface area contributed by atoms with E-state index in [1.54, 1.807) is 0 Å². The van der Waals surface area contributed by atoms with Gasteiger partial charge in [0.1, 0.15) is 6.61 Å². The van der Waals surface area contributed by atoms with Crippen LogP contribution in [0.2, 0.25) is 0 Å². The van der Waals surface area contributed by atoms with E-state index in [4.69, 9.17) is 9.47 Å². The topological polar surface area (TPSA) is 72.8 Å². The minimum atomic E-state index is -0.797. The number of carbonyl (C=O) groups excluding carboxylic acids is 2. The summed E-state index contributed by atoms with van der Waals surface area (Å²) in [4.78, 5) is 24.2. The first-order valence-corrected chi connectivity index (χ1v) is 19.2. The molecular formula is C41H72O5. The van der Waals surface area contributed by atoms with Crippen molar-refractivity contribution in [2.45, 2.75) is 187 Å². The summed E-state index contributed by atoms with van der Waals surface area (Å²) in [5, 5.41) is 9.53. The SMILES string of the molecule is CCCCC/C=C/C/C=C/C/C=C/C/C=C\CCCC(=O)O[C@@H](CO)COC(=O)CCCCCCCCCCCCCCCCC. The Morgan fingerprint density at radius 1 is 0.500 bits per heavy atom. The highest BCUT2D eigenvalue weighted by Gasteiger charge is 2.15. The molecule has 0 saturated carbocycles. The van der Waals surface area contributed by atoms with Crippen molar-refractivity contribution in [3.63, 3.8) is 0 Å². The van der Waals surface area contributed by atoms with Crippen molar-refractivity contribution in [2.75, 3.05) is 13.2 Å². The number of ether oxygens (including phenoxy) is 2. The third-order valence-corrected chi connectivity index (χ3v) is 8.13. The molecule has 266 valence electrons. The van der Waals surface area contributed by atoms with Crippen LogP contribution in [0.4, 0.5) is 0 Å². The summed E-state index contributed by atoms with van der Waals surface area (Å²) < 4.78 is 10.6. The Morgan fingerprint density at radius 2 is 0.891 bits per heavy atom. The molecule has 5 nitrogen and oxygen atoms in total. The predicted molar refractivity (Wildman–Crippen MR) is 196 cm³/mol. The van der Waals surface area contributed by atoms with Crippen molar-refractivity contribution in [3.8, 4) is 0 Å². The first-order valence-electron chi connectivity index (χ1n) is 19.2. The molecule has 0 rings (SSSR count). The molecule has 0 radical (unpaired) electrons. The van der Waals surface area contributed by atoms with Crippen molar-refractivity contribution in [1.29, 1.82) is 0 Å². The fourth-order valence-electron chi connectivity index (χ4n) is 5.19. The highest BCUT2D eigenvalue weighted by atomic mass is 16.6. The van der Waals surface area contributed by atoms with Gasteiger partial charge in [0, 0.05) is 12.8 Å². The number of aliphatic hydroxyl groups is 1. The average Bonchev–Trinajstić information content (AvgIpc) is 3.06. The van der Waals surface area contributed by atoms with Crippen LogP contribution in [-0.2, 0) is 19.1 Å². The van der Waals surface area contributed by atoms with Gasteiger partial charge in [-0.3, -0.25) is 9.59 Å². The first kappa shape index (κ1) is 43.9. The maximum Gasteiger partial charge on any atom is 0.306 e. The number of carbonyl (C=O) groups is 2. The molecule has 0 heterocycles. The predicted octanol–water partition coefficient (Wildman–Crippen LogP) is 11.8. The summed E-state index contributed by atoms with van der Waals surface area (Å²) in [6.07, 6.45) is 46.0. The summed E-state index contributed by atoms with van der Waals surface area (Å²) in [6.45, 7) is 4.06. The molecule has 0 aliphatic rings. The second-order valence-electron chi connectivity index (χ2n) is 12.7. The van der Waals surface area contributed by atoms with Gasteiger partial charge in [-0.2, -0.15) is 0 Å². The highest BCUT2D eigenvalue weighted by Crippen LogP contribution is 2.14. The molecule has 0 fully saturated rings. The first-order chi connectivity index (χ1) is 22.6. The molecule has 5 heteroatoms. The number of unbranched alkanes of at least 4 members (excludes halogenated alkanes) is 18. The maximum atomic E-state index is 12.1. The number of hydrogen-bond acceptors (Lipinski definition) is 5. The molecule has 0 amide bonds. The minimum Gasteiger partial charge on any atom is -0.462 e. The molecule has 0 bridgehead atoms. The fraction of sp³-hybridized carbons (Fsp3) is 0.756. The maximum absolute atomic E-state index is 12.1. The van der Waals surface area contributed by atoms with Gasteiger partial charge in [-0.05, 0) is 51.4 Å². The highest BCUT2D eigenvalue weighted by molar-refractivity contribution is 5.70. The number of hydrogen-bond donors (Lipinski definition) is 1. The Kier molecular flexibility index (Phi) is 35.6. The standard InChI is InChI=1S/C41H72O5/c1-3-5-7-9-11-13-15-17-19-20-22-24-26-28-30-32-34-36-41(44)46-39(37-42)38-45-40(43)35-33-31-29-27-25-23-21-18-16-14-12-10-8-6-4-2/h11,13,17,19,22,24,28,30,39,42H,3-10,12,14-16,18,20-21,23,25-27,29,31-38H2,1-2H3/b13-11+,19-17+,24-22+,30-28-/t39-/m0/s1. The molecule has 0 aromatic heterocycles. The minimum absolute atomic E-state index is 0.0863. The lowest BCUT2D eigenvalue weighted by molar-refractivity contribution is -0.161. The van der Waals surface area contributed by atoms with E-state index in [-0.39, 0.29) is 31.6 Å². The van der Waals surface area contributed by atoms with Crippen molar-refractivity contribution in [3.05, 3.63) is 48.6 Å². The van der Waals surface area contributed by atoms with E-state index in [9.17, 15) is 14.7 Å². The van der Waals surface area contributed by atoms with Gasteiger partial charge in [-0.15, -0.1) is 0 Å². The van der Waals surface area contributed by atoms with Gasteiger partial charge in [0.2, 0.25) is 0 Å². The quantitative estimate of drug-likeness (QED) is 0.0429. The van der Waals surface area contributed by atoms with Crippen LogP contribution in [0, 0.1) is 0 Å². The molecule has 1 N–H and O–H groups in total. The van der Waals surface area contributed by atoms with Gasteiger partial charge in [-0.25, -0.2) is 0 Å². The lowest BCUT2D eigenvalue weighted by Crippen LogP contribution is -2.28. The second kappa shape index (κ2) is 37.3. The van der Waals surface area contributed by atoms with Crippen LogP contribution in [0.5, 0.6) is 0 Å². The summed E-state index contributed by atoms with van der Waals surface area (Å²) in [7, 11) is 0. The molecule has 0 spiro atoms. The molecule has 0 aromatic carbocycles. The van der Waals surface area contributed by atoms with E-state index in [2.05, 4.69) is 62.5 Å². The monoisotopic (exact) mass is 645 g/mol. The summed E-state index contributed by atoms with van der Waals surface area (Å²) in [6, 6.07) is 0. The molecule has 0 saturated heterocycles. The fourth-order valence-corrected chi connectivity index (χ4v) is 5.19. The molecule has 0 aliphatic carbocycles. The third kappa shape index (κ3) is 34.7. The van der Waals surface area contributed by atoms with Crippen LogP contribution in [0.3, 0.4) is 0 Å². The molecule has 0 aliphatic heterocycles.